The lowest BCUT2D eigenvalue weighted by Gasteiger charge is -2.21. The van der Waals surface area contributed by atoms with Crippen molar-refractivity contribution in [3.05, 3.63) is 72.1 Å². The summed E-state index contributed by atoms with van der Waals surface area (Å²) in [5.41, 5.74) is 2.11. The van der Waals surface area contributed by atoms with Crippen molar-refractivity contribution in [3.8, 4) is 17.2 Å². The van der Waals surface area contributed by atoms with Gasteiger partial charge in [0.1, 0.15) is 17.2 Å². The third kappa shape index (κ3) is 4.29. The van der Waals surface area contributed by atoms with Crippen molar-refractivity contribution >= 4 is 32.6 Å². The number of amides is 1. The molecule has 0 N–H and O–H groups in total. The Bertz CT molecular complexity index is 1210. The van der Waals surface area contributed by atoms with Crippen LogP contribution in [-0.4, -0.2) is 37.2 Å². The minimum atomic E-state index is -0.227. The third-order valence-corrected chi connectivity index (χ3v) is 5.80. The lowest BCUT2D eigenvalue weighted by atomic mass is 10.1. The average molecular weight is 436 g/mol. The van der Waals surface area contributed by atoms with Crippen LogP contribution >= 0.6 is 11.3 Å². The second-order valence-corrected chi connectivity index (χ2v) is 7.66. The third-order valence-electron chi connectivity index (χ3n) is 4.76. The van der Waals surface area contributed by atoms with E-state index in [4.69, 9.17) is 19.2 Å². The zero-order valence-electron chi connectivity index (χ0n) is 17.4. The number of rotatable bonds is 7. The predicted octanol–water partition coefficient (Wildman–Crippen LogP) is 4.56. The molecule has 2 aromatic carbocycles. The monoisotopic (exact) mass is 435 g/mol. The van der Waals surface area contributed by atoms with Crippen LogP contribution in [0.15, 0.2) is 60.9 Å². The topological polar surface area (TPSA) is 73.8 Å². The number of pyridine rings is 1. The first-order chi connectivity index (χ1) is 15.1. The molecular formula is C23H21N3O4S. The van der Waals surface area contributed by atoms with E-state index in [-0.39, 0.29) is 5.91 Å². The lowest BCUT2D eigenvalue weighted by Crippen LogP contribution is -2.30. The Morgan fingerprint density at radius 1 is 1.00 bits per heavy atom. The van der Waals surface area contributed by atoms with E-state index in [0.29, 0.717) is 28.7 Å². The van der Waals surface area contributed by atoms with E-state index in [1.54, 1.807) is 49.7 Å². The van der Waals surface area contributed by atoms with Gasteiger partial charge in [0, 0.05) is 18.5 Å². The molecule has 0 aliphatic rings. The Hall–Kier alpha value is -3.65. The van der Waals surface area contributed by atoms with Gasteiger partial charge in [0.2, 0.25) is 0 Å². The Morgan fingerprint density at radius 2 is 1.77 bits per heavy atom. The molecule has 0 fully saturated rings. The van der Waals surface area contributed by atoms with Crippen molar-refractivity contribution in [2.24, 2.45) is 0 Å². The summed E-state index contributed by atoms with van der Waals surface area (Å²) in [6.45, 7) is 0.318. The number of thiazole rings is 1. The van der Waals surface area contributed by atoms with Gasteiger partial charge in [-0.15, -0.1) is 0 Å². The molecule has 2 aromatic heterocycles. The molecule has 0 unspecified atom stereocenters. The van der Waals surface area contributed by atoms with Crippen molar-refractivity contribution in [2.75, 3.05) is 26.2 Å². The van der Waals surface area contributed by atoms with Gasteiger partial charge in [-0.2, -0.15) is 0 Å². The second-order valence-electron chi connectivity index (χ2n) is 6.65. The summed E-state index contributed by atoms with van der Waals surface area (Å²) in [6, 6.07) is 14.5. The largest absolute Gasteiger partial charge is 0.497 e. The maximum Gasteiger partial charge on any atom is 0.264 e. The summed E-state index contributed by atoms with van der Waals surface area (Å²) in [7, 11) is 4.72. The van der Waals surface area contributed by atoms with Crippen LogP contribution in [0.25, 0.3) is 10.2 Å². The van der Waals surface area contributed by atoms with Crippen LogP contribution in [0.4, 0.5) is 5.13 Å². The quantitative estimate of drug-likeness (QED) is 0.424. The number of aromatic nitrogens is 2. The SMILES string of the molecule is COc1ccc(C(=O)N(Cc2cccnc2)c2nc3ccc(OC)cc3s2)c(OC)c1. The van der Waals surface area contributed by atoms with Crippen LogP contribution in [0.2, 0.25) is 0 Å². The van der Waals surface area contributed by atoms with Crippen LogP contribution in [-0.2, 0) is 6.54 Å². The fraction of sp³-hybridized carbons (Fsp3) is 0.174. The minimum Gasteiger partial charge on any atom is -0.497 e. The summed E-state index contributed by atoms with van der Waals surface area (Å²) in [6.07, 6.45) is 3.44. The highest BCUT2D eigenvalue weighted by atomic mass is 32.1. The summed E-state index contributed by atoms with van der Waals surface area (Å²) in [5, 5.41) is 0.579. The molecule has 0 spiro atoms. The van der Waals surface area contributed by atoms with E-state index < -0.39 is 0 Å². The summed E-state index contributed by atoms with van der Waals surface area (Å²) < 4.78 is 17.0. The van der Waals surface area contributed by atoms with E-state index in [0.717, 1.165) is 21.5 Å². The number of carbonyl (C=O) groups excluding carboxylic acids is 1. The summed E-state index contributed by atoms with van der Waals surface area (Å²) in [5.74, 6) is 1.56. The Kier molecular flexibility index (Phi) is 5.99. The molecule has 4 aromatic rings. The first kappa shape index (κ1) is 20.6. The highest BCUT2D eigenvalue weighted by Gasteiger charge is 2.25. The Labute approximate surface area is 183 Å². The van der Waals surface area contributed by atoms with E-state index in [1.165, 1.54) is 18.4 Å². The number of carbonyl (C=O) groups is 1. The average Bonchev–Trinajstić information content (AvgIpc) is 3.25. The fourth-order valence-electron chi connectivity index (χ4n) is 3.16. The number of hydrogen-bond acceptors (Lipinski definition) is 7. The number of ether oxygens (including phenoxy) is 3. The van der Waals surface area contributed by atoms with Crippen molar-refractivity contribution in [1.29, 1.82) is 0 Å². The van der Waals surface area contributed by atoms with Crippen LogP contribution in [0.1, 0.15) is 15.9 Å². The number of benzene rings is 2. The highest BCUT2D eigenvalue weighted by Crippen LogP contribution is 2.34. The standard InChI is InChI=1S/C23H21N3O4S/c1-28-16-6-8-18(20(11-16)30-3)22(27)26(14-15-5-4-10-24-13-15)23-25-19-9-7-17(29-2)12-21(19)31-23/h4-13H,14H2,1-3H3. The maximum atomic E-state index is 13.7. The number of methoxy groups -OCH3 is 3. The van der Waals surface area contributed by atoms with Gasteiger partial charge in [-0.3, -0.25) is 14.7 Å². The summed E-state index contributed by atoms with van der Waals surface area (Å²) in [4.78, 5) is 24.2. The molecular weight excluding hydrogens is 414 g/mol. The molecule has 0 aliphatic heterocycles. The molecule has 4 rings (SSSR count). The van der Waals surface area contributed by atoms with Crippen LogP contribution in [0.3, 0.4) is 0 Å². The van der Waals surface area contributed by atoms with E-state index in [1.807, 2.05) is 30.3 Å². The van der Waals surface area contributed by atoms with E-state index in [9.17, 15) is 4.79 Å². The van der Waals surface area contributed by atoms with E-state index >= 15 is 0 Å². The number of nitrogens with zero attached hydrogens (tertiary/aromatic N) is 3. The Morgan fingerprint density at radius 3 is 2.48 bits per heavy atom. The molecule has 0 bridgehead atoms. The maximum absolute atomic E-state index is 13.7. The van der Waals surface area contributed by atoms with Crippen molar-refractivity contribution in [3.63, 3.8) is 0 Å². The number of fused-ring (bicyclic) bond motifs is 1. The summed E-state index contributed by atoms with van der Waals surface area (Å²) >= 11 is 1.43. The molecule has 158 valence electrons. The zero-order chi connectivity index (χ0) is 21.8. The van der Waals surface area contributed by atoms with Crippen LogP contribution < -0.4 is 19.1 Å². The van der Waals surface area contributed by atoms with Crippen molar-refractivity contribution < 1.29 is 19.0 Å². The lowest BCUT2D eigenvalue weighted by molar-refractivity contribution is 0.0982. The van der Waals surface area contributed by atoms with E-state index in [2.05, 4.69) is 4.98 Å². The predicted molar refractivity (Wildman–Crippen MR) is 120 cm³/mol. The molecule has 7 nitrogen and oxygen atoms in total. The molecule has 0 radical (unpaired) electrons. The Balaban J connectivity index is 1.78. The molecule has 8 heteroatoms. The van der Waals surface area contributed by atoms with Gasteiger partial charge in [0.05, 0.1) is 43.7 Å². The molecule has 0 saturated heterocycles. The van der Waals surface area contributed by atoms with Gasteiger partial charge < -0.3 is 14.2 Å². The molecule has 0 aliphatic carbocycles. The molecule has 0 saturated carbocycles. The van der Waals surface area contributed by atoms with Gasteiger partial charge in [0.15, 0.2) is 5.13 Å². The van der Waals surface area contributed by atoms with Crippen LogP contribution in [0, 0.1) is 0 Å². The fourth-order valence-corrected chi connectivity index (χ4v) is 4.15. The van der Waals surface area contributed by atoms with Crippen molar-refractivity contribution in [2.45, 2.75) is 6.54 Å². The van der Waals surface area contributed by atoms with Gasteiger partial charge in [-0.1, -0.05) is 17.4 Å². The van der Waals surface area contributed by atoms with Gasteiger partial charge in [-0.25, -0.2) is 4.98 Å². The first-order valence-corrected chi connectivity index (χ1v) is 10.3. The van der Waals surface area contributed by atoms with Gasteiger partial charge >= 0.3 is 0 Å². The van der Waals surface area contributed by atoms with Gasteiger partial charge in [-0.05, 0) is 42.0 Å². The normalized spacial score (nSPS) is 10.7. The van der Waals surface area contributed by atoms with Gasteiger partial charge in [0.25, 0.3) is 5.91 Å². The molecule has 2 heterocycles. The highest BCUT2D eigenvalue weighted by molar-refractivity contribution is 7.22. The zero-order valence-corrected chi connectivity index (χ0v) is 18.2. The molecule has 0 atom stereocenters. The molecule has 31 heavy (non-hydrogen) atoms. The number of anilines is 1. The number of hydrogen-bond donors (Lipinski definition) is 0. The van der Waals surface area contributed by atoms with Crippen LogP contribution in [0.5, 0.6) is 17.2 Å². The first-order valence-electron chi connectivity index (χ1n) is 9.50. The molecule has 1 amide bonds. The smallest absolute Gasteiger partial charge is 0.264 e. The second kappa shape index (κ2) is 9.01. The van der Waals surface area contributed by atoms with Crippen molar-refractivity contribution in [1.82, 2.24) is 9.97 Å². The minimum absolute atomic E-state index is 0.227.